The number of aromatic nitrogens is 1. The van der Waals surface area contributed by atoms with E-state index in [9.17, 15) is 9.59 Å². The Hall–Kier alpha value is -2.19. The molecule has 1 aromatic rings. The van der Waals surface area contributed by atoms with Gasteiger partial charge in [0.15, 0.2) is 5.82 Å². The maximum absolute atomic E-state index is 13.1. The summed E-state index contributed by atoms with van der Waals surface area (Å²) >= 11 is 0. The first-order valence-corrected chi connectivity index (χ1v) is 10.1. The molecule has 1 spiro atoms. The highest BCUT2D eigenvalue weighted by Gasteiger charge is 2.67. The third-order valence-electron chi connectivity index (χ3n) is 6.14. The molecule has 4 heterocycles. The highest BCUT2D eigenvalue weighted by atomic mass is 16.5. The van der Waals surface area contributed by atoms with Crippen LogP contribution >= 0.6 is 0 Å². The smallest absolute Gasteiger partial charge is 0.235 e. The second kappa shape index (κ2) is 7.33. The molecule has 1 N–H and O–H groups in total. The fourth-order valence-corrected chi connectivity index (χ4v) is 4.64. The summed E-state index contributed by atoms with van der Waals surface area (Å²) in [4.78, 5) is 29.9. The zero-order valence-corrected chi connectivity index (χ0v) is 16.7. The van der Waals surface area contributed by atoms with Crippen LogP contribution in [0.1, 0.15) is 26.0 Å². The number of hydrogen-bond donors (Lipinski definition) is 1. The zero-order chi connectivity index (χ0) is 19.9. The number of nitrogens with one attached hydrogen (secondary N) is 1. The number of nitrogens with zero attached hydrogens (tertiary/aromatic N) is 3. The van der Waals surface area contributed by atoms with Gasteiger partial charge in [0.05, 0.1) is 24.5 Å². The minimum absolute atomic E-state index is 0.104. The molecule has 2 fully saturated rings. The van der Waals surface area contributed by atoms with Crippen molar-refractivity contribution in [3.63, 3.8) is 0 Å². The van der Waals surface area contributed by atoms with Gasteiger partial charge in [0.2, 0.25) is 11.8 Å². The van der Waals surface area contributed by atoms with Crippen molar-refractivity contribution >= 4 is 17.6 Å². The fraction of sp³-hybridized carbons (Fsp3) is 0.650. The fourth-order valence-electron chi connectivity index (χ4n) is 4.64. The van der Waals surface area contributed by atoms with Crippen molar-refractivity contribution in [1.29, 1.82) is 0 Å². The van der Waals surface area contributed by atoms with E-state index < -0.39 is 17.4 Å². The molecule has 152 valence electrons. The number of anilines is 1. The van der Waals surface area contributed by atoms with Crippen LogP contribution in [-0.2, 0) is 14.3 Å². The van der Waals surface area contributed by atoms with Gasteiger partial charge in [-0.3, -0.25) is 14.5 Å². The van der Waals surface area contributed by atoms with Gasteiger partial charge in [-0.2, -0.15) is 0 Å². The molecule has 3 aliphatic heterocycles. The van der Waals surface area contributed by atoms with Crippen molar-refractivity contribution in [2.24, 2.45) is 11.8 Å². The lowest BCUT2D eigenvalue weighted by molar-refractivity contribution is -0.131. The lowest BCUT2D eigenvalue weighted by Crippen LogP contribution is -2.44. The van der Waals surface area contributed by atoms with Crippen molar-refractivity contribution in [3.05, 3.63) is 24.0 Å². The van der Waals surface area contributed by atoms with E-state index >= 15 is 0 Å². The third kappa shape index (κ3) is 3.04. The average Bonchev–Trinajstić information content (AvgIpc) is 3.43. The van der Waals surface area contributed by atoms with E-state index in [1.807, 2.05) is 12.2 Å². The first-order chi connectivity index (χ1) is 13.5. The van der Waals surface area contributed by atoms with Crippen LogP contribution in [0.15, 0.2) is 22.7 Å². The summed E-state index contributed by atoms with van der Waals surface area (Å²) in [5.74, 6) is -0.118. The Bertz CT molecular complexity index is 787. The molecular weight excluding hydrogens is 360 g/mol. The molecule has 28 heavy (non-hydrogen) atoms. The van der Waals surface area contributed by atoms with Crippen molar-refractivity contribution in [1.82, 2.24) is 15.4 Å². The minimum atomic E-state index is -0.738. The summed E-state index contributed by atoms with van der Waals surface area (Å²) in [5, 5.41) is 6.98. The van der Waals surface area contributed by atoms with Gasteiger partial charge in [0.25, 0.3) is 0 Å². The van der Waals surface area contributed by atoms with Crippen LogP contribution in [0.4, 0.5) is 5.82 Å². The number of fused-ring (bicyclic) bond motifs is 1. The predicted octanol–water partition coefficient (Wildman–Crippen LogP) is 1.12. The van der Waals surface area contributed by atoms with Gasteiger partial charge in [-0.1, -0.05) is 31.2 Å². The number of aryl methyl sites for hydroxylation is 1. The Morgan fingerprint density at radius 2 is 2.21 bits per heavy atom. The Kier molecular flexibility index (Phi) is 5.01. The molecule has 1 aromatic heterocycles. The third-order valence-corrected chi connectivity index (χ3v) is 6.14. The summed E-state index contributed by atoms with van der Waals surface area (Å²) in [7, 11) is 0. The topological polar surface area (TPSA) is 87.9 Å². The zero-order valence-electron chi connectivity index (χ0n) is 16.7. The Balaban J connectivity index is 1.42. The molecule has 3 unspecified atom stereocenters. The average molecular weight is 388 g/mol. The van der Waals surface area contributed by atoms with Gasteiger partial charge in [0, 0.05) is 12.6 Å². The minimum Gasteiger partial charge on any atom is -0.360 e. The summed E-state index contributed by atoms with van der Waals surface area (Å²) < 4.78 is 11.2. The first kappa shape index (κ1) is 19.1. The Morgan fingerprint density at radius 1 is 1.43 bits per heavy atom. The lowest BCUT2D eigenvalue weighted by Gasteiger charge is -2.23. The molecule has 4 atom stereocenters. The molecule has 0 saturated carbocycles. The van der Waals surface area contributed by atoms with Crippen LogP contribution in [0, 0.1) is 18.8 Å². The lowest BCUT2D eigenvalue weighted by atomic mass is 9.77. The van der Waals surface area contributed by atoms with Gasteiger partial charge < -0.3 is 19.5 Å². The highest BCUT2D eigenvalue weighted by molar-refractivity contribution is 6.02. The normalized spacial score (nSPS) is 30.5. The van der Waals surface area contributed by atoms with Gasteiger partial charge in [-0.05, 0) is 33.0 Å². The van der Waals surface area contributed by atoms with Crippen molar-refractivity contribution < 1.29 is 18.8 Å². The number of ether oxygens (including phenoxy) is 1. The first-order valence-electron chi connectivity index (χ1n) is 10.1. The molecule has 0 aliphatic carbocycles. The maximum atomic E-state index is 13.1. The molecule has 2 saturated heterocycles. The second-order valence-electron chi connectivity index (χ2n) is 7.79. The van der Waals surface area contributed by atoms with Gasteiger partial charge in [-0.25, -0.2) is 0 Å². The standard InChI is InChI=1S/C20H28N4O4/c1-4-23(5-2)10-6-9-21-18(25)16-14-7-8-20(27-14)12-24(19(26)17(16)20)15-11-13(3)28-22-15/h7-8,11,14,16-17H,4-6,9-10,12H2,1-3H3,(H,21,25)/t14-,16?,17?,20?/m1/s1. The van der Waals surface area contributed by atoms with E-state index in [4.69, 9.17) is 9.26 Å². The summed E-state index contributed by atoms with van der Waals surface area (Å²) in [5.41, 5.74) is -0.738. The molecule has 8 heteroatoms. The maximum Gasteiger partial charge on any atom is 0.235 e. The molecule has 0 radical (unpaired) electrons. The monoisotopic (exact) mass is 388 g/mol. The predicted molar refractivity (Wildman–Crippen MR) is 103 cm³/mol. The Morgan fingerprint density at radius 3 is 2.89 bits per heavy atom. The summed E-state index contributed by atoms with van der Waals surface area (Å²) in [6.45, 7) is 9.97. The van der Waals surface area contributed by atoms with Crippen molar-refractivity contribution in [2.75, 3.05) is 37.6 Å². The number of carbonyl (C=O) groups is 2. The van der Waals surface area contributed by atoms with E-state index in [1.165, 1.54) is 0 Å². The van der Waals surface area contributed by atoms with E-state index in [1.54, 1.807) is 17.9 Å². The quantitative estimate of drug-likeness (QED) is 0.530. The molecule has 4 rings (SSSR count). The number of amides is 2. The number of carbonyl (C=O) groups excluding carboxylic acids is 2. The van der Waals surface area contributed by atoms with Crippen LogP contribution < -0.4 is 10.2 Å². The van der Waals surface area contributed by atoms with Crippen molar-refractivity contribution in [3.8, 4) is 0 Å². The van der Waals surface area contributed by atoms with Crippen LogP contribution in [-0.4, -0.2) is 66.3 Å². The second-order valence-corrected chi connectivity index (χ2v) is 7.79. The summed E-state index contributed by atoms with van der Waals surface area (Å²) in [6, 6.07) is 1.73. The van der Waals surface area contributed by atoms with Crippen LogP contribution in [0.25, 0.3) is 0 Å². The molecule has 3 aliphatic rings. The number of rotatable bonds is 8. The number of hydrogen-bond acceptors (Lipinski definition) is 6. The van der Waals surface area contributed by atoms with Crippen LogP contribution in [0.2, 0.25) is 0 Å². The Labute approximate surface area is 164 Å². The largest absolute Gasteiger partial charge is 0.360 e. The van der Waals surface area contributed by atoms with Crippen LogP contribution in [0.3, 0.4) is 0 Å². The van der Waals surface area contributed by atoms with E-state index in [0.29, 0.717) is 24.7 Å². The molecule has 0 aromatic carbocycles. The van der Waals surface area contributed by atoms with E-state index in [2.05, 4.69) is 29.2 Å². The molecule has 8 nitrogen and oxygen atoms in total. The van der Waals surface area contributed by atoms with Crippen molar-refractivity contribution in [2.45, 2.75) is 38.9 Å². The summed E-state index contributed by atoms with van der Waals surface area (Å²) in [6.07, 6.45) is 4.41. The van der Waals surface area contributed by atoms with E-state index in [-0.39, 0.29) is 17.9 Å². The van der Waals surface area contributed by atoms with Crippen LogP contribution in [0.5, 0.6) is 0 Å². The molecule has 2 amide bonds. The highest BCUT2D eigenvalue weighted by Crippen LogP contribution is 2.52. The van der Waals surface area contributed by atoms with E-state index in [0.717, 1.165) is 26.1 Å². The van der Waals surface area contributed by atoms with Gasteiger partial charge in [-0.15, -0.1) is 0 Å². The van der Waals surface area contributed by atoms with Gasteiger partial charge >= 0.3 is 0 Å². The molecular formula is C20H28N4O4. The SMILES string of the molecule is CCN(CC)CCCNC(=O)C1C2C(=O)N(c3cc(C)on3)CC23C=C[C@H]1O3. The molecule has 2 bridgehead atoms. The van der Waals surface area contributed by atoms with Gasteiger partial charge in [0.1, 0.15) is 11.4 Å².